The van der Waals surface area contributed by atoms with E-state index in [1.54, 1.807) is 0 Å². The molecular weight excluding hydrogens is 265 g/mol. The van der Waals surface area contributed by atoms with Crippen molar-refractivity contribution < 1.29 is 4.74 Å². The molecule has 14 heavy (non-hydrogen) atoms. The number of nitrogens with two attached hydrogens (primary N) is 1. The molecule has 0 aliphatic carbocycles. The van der Waals surface area contributed by atoms with E-state index < -0.39 is 0 Å². The van der Waals surface area contributed by atoms with Crippen molar-refractivity contribution in [1.82, 2.24) is 0 Å². The molecule has 78 valence electrons. The number of rotatable bonds is 1. The van der Waals surface area contributed by atoms with Crippen molar-refractivity contribution in [1.29, 1.82) is 0 Å². The van der Waals surface area contributed by atoms with Crippen molar-refractivity contribution in [3.8, 4) is 5.75 Å². The number of hydrogen-bond donors (Lipinski definition) is 1. The first-order valence-corrected chi connectivity index (χ1v) is 5.24. The van der Waals surface area contributed by atoms with E-state index in [4.69, 9.17) is 10.5 Å². The Labute approximate surface area is 98.4 Å². The van der Waals surface area contributed by atoms with Crippen molar-refractivity contribution in [2.75, 3.05) is 6.54 Å². The number of hydrogen-bond acceptors (Lipinski definition) is 2. The zero-order valence-corrected chi connectivity index (χ0v) is 10.1. The van der Waals surface area contributed by atoms with Crippen LogP contribution in [0.5, 0.6) is 5.75 Å². The predicted molar refractivity (Wildman–Crippen MR) is 63.2 cm³/mol. The van der Waals surface area contributed by atoms with Crippen LogP contribution in [0.25, 0.3) is 0 Å². The second kappa shape index (κ2) is 5.01. The quantitative estimate of drug-likeness (QED) is 0.857. The fraction of sp³-hybridized carbons (Fsp3) is 0.400. The highest BCUT2D eigenvalue weighted by Gasteiger charge is 2.17. The zero-order chi connectivity index (χ0) is 9.26. The van der Waals surface area contributed by atoms with Crippen LogP contribution in [0.3, 0.4) is 0 Å². The molecule has 0 bridgehead atoms. The Balaban J connectivity index is 0.000000980. The van der Waals surface area contributed by atoms with Crippen LogP contribution in [-0.4, -0.2) is 12.6 Å². The Morgan fingerprint density at radius 1 is 1.50 bits per heavy atom. The molecule has 0 saturated carbocycles. The summed E-state index contributed by atoms with van der Waals surface area (Å²) in [5, 5.41) is 0. The van der Waals surface area contributed by atoms with Gasteiger partial charge in [0.05, 0.1) is 0 Å². The van der Waals surface area contributed by atoms with Gasteiger partial charge in [0, 0.05) is 11.0 Å². The lowest BCUT2D eigenvalue weighted by molar-refractivity contribution is 0.181. The fourth-order valence-electron chi connectivity index (χ4n) is 1.58. The summed E-state index contributed by atoms with van der Waals surface area (Å²) in [6.45, 7) is 0.607. The first-order valence-electron chi connectivity index (χ1n) is 4.45. The molecule has 0 radical (unpaired) electrons. The monoisotopic (exact) mass is 277 g/mol. The van der Waals surface area contributed by atoms with Gasteiger partial charge in [-0.05, 0) is 36.6 Å². The van der Waals surface area contributed by atoms with E-state index in [9.17, 15) is 0 Å². The Morgan fingerprint density at radius 2 is 2.29 bits per heavy atom. The molecule has 1 aromatic rings. The van der Waals surface area contributed by atoms with Gasteiger partial charge < -0.3 is 10.5 Å². The molecule has 1 aromatic carbocycles. The molecule has 1 aliphatic heterocycles. The van der Waals surface area contributed by atoms with E-state index in [1.807, 2.05) is 12.1 Å². The van der Waals surface area contributed by atoms with E-state index in [0.29, 0.717) is 6.54 Å². The maximum absolute atomic E-state index is 5.69. The Kier molecular flexibility index (Phi) is 4.23. The minimum atomic E-state index is 0. The lowest BCUT2D eigenvalue weighted by Crippen LogP contribution is -2.30. The van der Waals surface area contributed by atoms with E-state index in [0.717, 1.165) is 23.1 Å². The standard InChI is InChI=1S/C10H12BrNO.ClH/c11-8-2-4-10-7(5-8)1-3-9(6-12)13-10;/h2,4-5,9H,1,3,6,12H2;1H. The van der Waals surface area contributed by atoms with Gasteiger partial charge in [-0.15, -0.1) is 12.4 Å². The molecule has 1 unspecified atom stereocenters. The highest BCUT2D eigenvalue weighted by molar-refractivity contribution is 9.10. The van der Waals surface area contributed by atoms with Gasteiger partial charge in [0.2, 0.25) is 0 Å². The lowest BCUT2D eigenvalue weighted by Gasteiger charge is -2.24. The molecule has 1 aliphatic rings. The van der Waals surface area contributed by atoms with Crippen molar-refractivity contribution in [3.05, 3.63) is 28.2 Å². The van der Waals surface area contributed by atoms with E-state index in [2.05, 4.69) is 22.0 Å². The molecule has 2 N–H and O–H groups in total. The molecule has 0 spiro atoms. The number of fused-ring (bicyclic) bond motifs is 1. The molecule has 1 atom stereocenters. The number of benzene rings is 1. The summed E-state index contributed by atoms with van der Waals surface area (Å²) in [4.78, 5) is 0. The topological polar surface area (TPSA) is 35.2 Å². The normalized spacial score (nSPS) is 19.1. The van der Waals surface area contributed by atoms with E-state index in [-0.39, 0.29) is 18.5 Å². The summed E-state index contributed by atoms with van der Waals surface area (Å²) in [5.41, 5.74) is 6.83. The van der Waals surface area contributed by atoms with Crippen molar-refractivity contribution in [2.24, 2.45) is 5.73 Å². The molecule has 0 aromatic heterocycles. The summed E-state index contributed by atoms with van der Waals surface area (Å²) in [5.74, 6) is 0.991. The van der Waals surface area contributed by atoms with Gasteiger partial charge in [0.25, 0.3) is 0 Å². The minimum absolute atomic E-state index is 0. The molecule has 2 rings (SSSR count). The van der Waals surface area contributed by atoms with Gasteiger partial charge >= 0.3 is 0 Å². The molecule has 1 heterocycles. The average molecular weight is 279 g/mol. The first-order chi connectivity index (χ1) is 6.29. The van der Waals surface area contributed by atoms with Crippen LogP contribution >= 0.6 is 28.3 Å². The summed E-state index contributed by atoms with van der Waals surface area (Å²) < 4.78 is 6.80. The second-order valence-corrected chi connectivity index (χ2v) is 4.18. The van der Waals surface area contributed by atoms with Crippen LogP contribution in [0.4, 0.5) is 0 Å². The minimum Gasteiger partial charge on any atom is -0.489 e. The Bertz CT molecular complexity index is 319. The maximum atomic E-state index is 5.69. The van der Waals surface area contributed by atoms with Crippen LogP contribution in [0.15, 0.2) is 22.7 Å². The van der Waals surface area contributed by atoms with Gasteiger partial charge in [-0.2, -0.15) is 0 Å². The number of halogens is 2. The van der Waals surface area contributed by atoms with Gasteiger partial charge in [-0.1, -0.05) is 15.9 Å². The SMILES string of the molecule is Cl.NCC1CCc2cc(Br)ccc2O1. The molecule has 0 fully saturated rings. The van der Waals surface area contributed by atoms with Gasteiger partial charge in [0.1, 0.15) is 11.9 Å². The summed E-state index contributed by atoms with van der Waals surface area (Å²) in [6, 6.07) is 6.11. The van der Waals surface area contributed by atoms with Crippen LogP contribution in [0.1, 0.15) is 12.0 Å². The third-order valence-corrected chi connectivity index (χ3v) is 2.81. The summed E-state index contributed by atoms with van der Waals surface area (Å²) >= 11 is 3.44. The van der Waals surface area contributed by atoms with Gasteiger partial charge in [-0.25, -0.2) is 0 Å². The molecule has 0 saturated heterocycles. The predicted octanol–water partition coefficient (Wildman–Crippen LogP) is 2.52. The number of ether oxygens (including phenoxy) is 1. The number of aryl methyl sites for hydroxylation is 1. The van der Waals surface area contributed by atoms with Crippen LogP contribution in [0, 0.1) is 0 Å². The smallest absolute Gasteiger partial charge is 0.123 e. The third kappa shape index (κ3) is 2.41. The fourth-order valence-corrected chi connectivity index (χ4v) is 1.99. The Hall–Kier alpha value is -0.250. The summed E-state index contributed by atoms with van der Waals surface area (Å²) in [7, 11) is 0. The van der Waals surface area contributed by atoms with E-state index in [1.165, 1.54) is 5.56 Å². The van der Waals surface area contributed by atoms with Gasteiger partial charge in [0.15, 0.2) is 0 Å². The van der Waals surface area contributed by atoms with Gasteiger partial charge in [-0.3, -0.25) is 0 Å². The van der Waals surface area contributed by atoms with Crippen LogP contribution < -0.4 is 10.5 Å². The average Bonchev–Trinajstić information content (AvgIpc) is 2.17. The Morgan fingerprint density at radius 3 is 3.00 bits per heavy atom. The molecule has 2 nitrogen and oxygen atoms in total. The molecule has 4 heteroatoms. The van der Waals surface area contributed by atoms with Crippen molar-refractivity contribution >= 4 is 28.3 Å². The maximum Gasteiger partial charge on any atom is 0.123 e. The van der Waals surface area contributed by atoms with Crippen molar-refractivity contribution in [3.63, 3.8) is 0 Å². The van der Waals surface area contributed by atoms with Crippen LogP contribution in [0.2, 0.25) is 0 Å². The van der Waals surface area contributed by atoms with Crippen LogP contribution in [-0.2, 0) is 6.42 Å². The third-order valence-electron chi connectivity index (χ3n) is 2.31. The second-order valence-electron chi connectivity index (χ2n) is 3.27. The van der Waals surface area contributed by atoms with E-state index >= 15 is 0 Å². The molecule has 0 amide bonds. The highest BCUT2D eigenvalue weighted by atomic mass is 79.9. The zero-order valence-electron chi connectivity index (χ0n) is 7.70. The lowest BCUT2D eigenvalue weighted by atomic mass is 10.0. The highest BCUT2D eigenvalue weighted by Crippen LogP contribution is 2.29. The summed E-state index contributed by atoms with van der Waals surface area (Å²) in [6.07, 6.45) is 2.30. The largest absolute Gasteiger partial charge is 0.489 e. The molecular formula is C10H13BrClNO. The first kappa shape index (κ1) is 11.8. The van der Waals surface area contributed by atoms with Crippen molar-refractivity contribution in [2.45, 2.75) is 18.9 Å².